The summed E-state index contributed by atoms with van der Waals surface area (Å²) in [4.78, 5) is 6.21. The molecule has 8 heteroatoms. The maximum Gasteiger partial charge on any atom is 0.238 e. The van der Waals surface area contributed by atoms with Crippen LogP contribution in [-0.2, 0) is 10.0 Å². The van der Waals surface area contributed by atoms with Crippen LogP contribution in [0.3, 0.4) is 0 Å². The Kier molecular flexibility index (Phi) is 4.13. The third kappa shape index (κ3) is 3.44. The lowest BCUT2D eigenvalue weighted by Gasteiger charge is -2.22. The molecule has 1 aliphatic rings. The number of rotatable bonds is 3. The van der Waals surface area contributed by atoms with Crippen LogP contribution in [0.25, 0.3) is 0 Å². The van der Waals surface area contributed by atoms with Crippen molar-refractivity contribution in [1.82, 2.24) is 0 Å². The molecule has 0 spiro atoms. The van der Waals surface area contributed by atoms with E-state index in [1.807, 2.05) is 17.0 Å². The highest BCUT2D eigenvalue weighted by atomic mass is 35.5. The van der Waals surface area contributed by atoms with Crippen LogP contribution in [0.4, 0.5) is 5.69 Å². The molecular formula is C16H16ClN3O3S. The molecule has 24 heavy (non-hydrogen) atoms. The molecule has 126 valence electrons. The van der Waals surface area contributed by atoms with Gasteiger partial charge in [-0.1, -0.05) is 11.6 Å². The van der Waals surface area contributed by atoms with Gasteiger partial charge in [0, 0.05) is 16.3 Å². The molecule has 2 aromatic rings. The summed E-state index contributed by atoms with van der Waals surface area (Å²) in [6, 6.07) is 13.2. The smallest absolute Gasteiger partial charge is 0.238 e. The monoisotopic (exact) mass is 365 g/mol. The van der Waals surface area contributed by atoms with Gasteiger partial charge < -0.3 is 10.0 Å². The number of aliphatic imine (C=N–C) groups is 1. The van der Waals surface area contributed by atoms with Crippen molar-refractivity contribution in [2.24, 2.45) is 10.1 Å². The van der Waals surface area contributed by atoms with E-state index in [-0.39, 0.29) is 11.4 Å². The Hall–Kier alpha value is -1.93. The highest BCUT2D eigenvalue weighted by Crippen LogP contribution is 2.28. The minimum Gasteiger partial charge on any atom is -0.368 e. The van der Waals surface area contributed by atoms with Crippen LogP contribution in [0.2, 0.25) is 5.02 Å². The largest absolute Gasteiger partial charge is 0.368 e. The zero-order chi connectivity index (χ0) is 17.5. The van der Waals surface area contributed by atoms with Crippen molar-refractivity contribution >= 4 is 33.1 Å². The first kappa shape index (κ1) is 16.9. The van der Waals surface area contributed by atoms with Crippen LogP contribution in [0.15, 0.2) is 58.4 Å². The number of amidine groups is 1. The van der Waals surface area contributed by atoms with Gasteiger partial charge in [-0.3, -0.25) is 0 Å². The standard InChI is InChI=1S/C16H16ClN3O3S/c1-16(21)10-20(13-6-8-14(9-7-13)24(18,22)23)15(19-16)11-2-4-12(17)5-3-11/h2-9,21H,10H2,1H3,(H2,18,22,23). The normalized spacial score (nSPS) is 21.0. The maximum absolute atomic E-state index is 11.4. The lowest BCUT2D eigenvalue weighted by Crippen LogP contribution is -2.34. The average Bonchev–Trinajstić information content (AvgIpc) is 2.83. The summed E-state index contributed by atoms with van der Waals surface area (Å²) >= 11 is 5.92. The third-order valence-electron chi connectivity index (χ3n) is 3.64. The van der Waals surface area contributed by atoms with E-state index in [2.05, 4.69) is 4.99 Å². The molecule has 6 nitrogen and oxygen atoms in total. The molecule has 1 heterocycles. The summed E-state index contributed by atoms with van der Waals surface area (Å²) in [7, 11) is -3.75. The Balaban J connectivity index is 2.00. The van der Waals surface area contributed by atoms with Gasteiger partial charge >= 0.3 is 0 Å². The van der Waals surface area contributed by atoms with Gasteiger partial charge in [0.1, 0.15) is 5.84 Å². The first-order valence-corrected chi connectivity index (χ1v) is 9.07. The lowest BCUT2D eigenvalue weighted by molar-refractivity contribution is 0.0879. The van der Waals surface area contributed by atoms with E-state index in [4.69, 9.17) is 16.7 Å². The first-order chi connectivity index (χ1) is 11.2. The fraction of sp³-hybridized carbons (Fsp3) is 0.188. The van der Waals surface area contributed by atoms with Gasteiger partial charge in [0.2, 0.25) is 10.0 Å². The number of halogens is 1. The SMILES string of the molecule is CC1(O)CN(c2ccc(S(N)(=O)=O)cc2)C(c2ccc(Cl)cc2)=N1. The zero-order valence-electron chi connectivity index (χ0n) is 12.8. The second-order valence-corrected chi connectivity index (χ2v) is 7.78. The summed E-state index contributed by atoms with van der Waals surface area (Å²) in [6.45, 7) is 1.86. The predicted molar refractivity (Wildman–Crippen MR) is 93.8 cm³/mol. The molecule has 2 aromatic carbocycles. The van der Waals surface area contributed by atoms with Crippen molar-refractivity contribution in [3.8, 4) is 0 Å². The van der Waals surface area contributed by atoms with Gasteiger partial charge in [0.15, 0.2) is 5.72 Å². The van der Waals surface area contributed by atoms with Crippen LogP contribution >= 0.6 is 11.6 Å². The number of anilines is 1. The second kappa shape index (κ2) is 5.86. The van der Waals surface area contributed by atoms with Crippen LogP contribution in [0, 0.1) is 0 Å². The number of β-amino-alcohol motifs (C(OH)–C–C–N with tert-alkyl or cyclic N) is 1. The minimum atomic E-state index is -3.75. The molecule has 0 saturated carbocycles. The van der Waals surface area contributed by atoms with E-state index in [9.17, 15) is 13.5 Å². The van der Waals surface area contributed by atoms with Gasteiger partial charge in [-0.05, 0) is 55.5 Å². The Bertz CT molecular complexity index is 891. The molecule has 1 unspecified atom stereocenters. The Morgan fingerprint density at radius 3 is 2.29 bits per heavy atom. The number of nitrogens with zero attached hydrogens (tertiary/aromatic N) is 2. The zero-order valence-corrected chi connectivity index (χ0v) is 14.4. The number of benzene rings is 2. The Morgan fingerprint density at radius 1 is 1.17 bits per heavy atom. The molecule has 1 aliphatic heterocycles. The van der Waals surface area contributed by atoms with Crippen LogP contribution in [-0.4, -0.2) is 31.6 Å². The van der Waals surface area contributed by atoms with Gasteiger partial charge in [-0.25, -0.2) is 18.5 Å². The van der Waals surface area contributed by atoms with Gasteiger partial charge in [-0.15, -0.1) is 0 Å². The van der Waals surface area contributed by atoms with Crippen molar-refractivity contribution in [2.45, 2.75) is 17.5 Å². The quantitative estimate of drug-likeness (QED) is 0.869. The number of hydrogen-bond donors (Lipinski definition) is 2. The van der Waals surface area contributed by atoms with E-state index in [1.54, 1.807) is 31.2 Å². The topological polar surface area (TPSA) is 96.0 Å². The lowest BCUT2D eigenvalue weighted by atomic mass is 10.2. The number of primary sulfonamides is 1. The number of nitrogens with two attached hydrogens (primary N) is 1. The highest BCUT2D eigenvalue weighted by Gasteiger charge is 2.34. The van der Waals surface area contributed by atoms with Gasteiger partial charge in [-0.2, -0.15) is 0 Å². The molecule has 0 radical (unpaired) electrons. The summed E-state index contributed by atoms with van der Waals surface area (Å²) in [5.41, 5.74) is 0.259. The molecule has 0 bridgehead atoms. The van der Waals surface area contributed by atoms with Gasteiger partial charge in [0.05, 0.1) is 11.4 Å². The molecular weight excluding hydrogens is 350 g/mol. The number of hydrogen-bond acceptors (Lipinski definition) is 5. The van der Waals surface area contributed by atoms with E-state index >= 15 is 0 Å². The second-order valence-electron chi connectivity index (χ2n) is 5.78. The average molecular weight is 366 g/mol. The fourth-order valence-electron chi connectivity index (χ4n) is 2.55. The summed E-state index contributed by atoms with van der Waals surface area (Å²) < 4.78 is 22.7. The number of sulfonamides is 1. The minimum absolute atomic E-state index is 0.0298. The summed E-state index contributed by atoms with van der Waals surface area (Å²) in [6.07, 6.45) is 0. The third-order valence-corrected chi connectivity index (χ3v) is 4.82. The highest BCUT2D eigenvalue weighted by molar-refractivity contribution is 7.89. The molecule has 1 atom stereocenters. The van der Waals surface area contributed by atoms with Crippen LogP contribution in [0.1, 0.15) is 12.5 Å². The molecule has 3 N–H and O–H groups in total. The molecule has 0 saturated heterocycles. The fourth-order valence-corrected chi connectivity index (χ4v) is 3.19. The molecule has 0 aromatic heterocycles. The summed E-state index contributed by atoms with van der Waals surface area (Å²) in [5, 5.41) is 16.0. The number of aliphatic hydroxyl groups is 1. The molecule has 3 rings (SSSR count). The Labute approximate surface area is 145 Å². The molecule has 0 fully saturated rings. The van der Waals surface area contributed by atoms with E-state index in [1.165, 1.54) is 12.1 Å². The van der Waals surface area contributed by atoms with Crippen molar-refractivity contribution in [3.05, 3.63) is 59.1 Å². The Morgan fingerprint density at radius 2 is 1.75 bits per heavy atom. The van der Waals surface area contributed by atoms with E-state index < -0.39 is 15.7 Å². The van der Waals surface area contributed by atoms with E-state index in [0.717, 1.165) is 5.56 Å². The van der Waals surface area contributed by atoms with Crippen molar-refractivity contribution < 1.29 is 13.5 Å². The first-order valence-electron chi connectivity index (χ1n) is 7.14. The van der Waals surface area contributed by atoms with Crippen LogP contribution in [0.5, 0.6) is 0 Å². The van der Waals surface area contributed by atoms with Crippen molar-refractivity contribution in [3.63, 3.8) is 0 Å². The van der Waals surface area contributed by atoms with Crippen LogP contribution < -0.4 is 10.0 Å². The molecule has 0 amide bonds. The maximum atomic E-state index is 11.4. The summed E-state index contributed by atoms with van der Waals surface area (Å²) in [5.74, 6) is 0.583. The van der Waals surface area contributed by atoms with E-state index in [0.29, 0.717) is 16.5 Å². The van der Waals surface area contributed by atoms with Gasteiger partial charge in [0.25, 0.3) is 0 Å². The predicted octanol–water partition coefficient (Wildman–Crippen LogP) is 1.96. The van der Waals surface area contributed by atoms with Crippen molar-refractivity contribution in [2.75, 3.05) is 11.4 Å². The molecule has 0 aliphatic carbocycles. The van der Waals surface area contributed by atoms with Crippen molar-refractivity contribution in [1.29, 1.82) is 0 Å².